The van der Waals surface area contributed by atoms with Crippen LogP contribution in [0.4, 0.5) is 0 Å². The van der Waals surface area contributed by atoms with E-state index in [4.69, 9.17) is 0 Å². The first-order valence-corrected chi connectivity index (χ1v) is 4.43. The zero-order valence-electron chi connectivity index (χ0n) is 8.65. The number of hydrogen-bond donors (Lipinski definition) is 1. The number of aliphatic hydroxyl groups excluding tert-OH is 1. The van der Waals surface area contributed by atoms with E-state index in [1.54, 1.807) is 6.08 Å². The van der Waals surface area contributed by atoms with Gasteiger partial charge in [0.05, 0.1) is 13.2 Å². The summed E-state index contributed by atoms with van der Waals surface area (Å²) in [5.41, 5.74) is 0. The van der Waals surface area contributed by atoms with Gasteiger partial charge in [0.25, 0.3) is 0 Å². The molecule has 0 aliphatic heterocycles. The van der Waals surface area contributed by atoms with Gasteiger partial charge >= 0.3 is 5.97 Å². The minimum atomic E-state index is -0.416. The summed E-state index contributed by atoms with van der Waals surface area (Å²) >= 11 is 0. The molecule has 0 spiro atoms. The maximum Gasteiger partial charge on any atom is 0.330 e. The third kappa shape index (κ3) is 4.68. The molecule has 0 aromatic carbocycles. The summed E-state index contributed by atoms with van der Waals surface area (Å²) in [6.45, 7) is 5.74. The molecule has 0 aromatic heterocycles. The van der Waals surface area contributed by atoms with Gasteiger partial charge in [-0.1, -0.05) is 26.8 Å². The second-order valence-corrected chi connectivity index (χ2v) is 3.48. The second kappa shape index (κ2) is 5.75. The first-order chi connectivity index (χ1) is 5.99. The van der Waals surface area contributed by atoms with E-state index in [-0.39, 0.29) is 17.8 Å². The van der Waals surface area contributed by atoms with E-state index in [9.17, 15) is 9.90 Å². The van der Waals surface area contributed by atoms with Crippen LogP contribution in [0.5, 0.6) is 0 Å². The Kier molecular flexibility index (Phi) is 5.39. The maximum atomic E-state index is 10.7. The number of hydrogen-bond acceptors (Lipinski definition) is 3. The fourth-order valence-electron chi connectivity index (χ4n) is 1.02. The smallest absolute Gasteiger partial charge is 0.330 e. The van der Waals surface area contributed by atoms with Gasteiger partial charge in [-0.05, 0) is 5.92 Å². The van der Waals surface area contributed by atoms with Crippen molar-refractivity contribution in [3.8, 4) is 0 Å². The molecule has 0 aliphatic carbocycles. The summed E-state index contributed by atoms with van der Waals surface area (Å²) in [4.78, 5) is 10.7. The van der Waals surface area contributed by atoms with Gasteiger partial charge in [0.15, 0.2) is 0 Å². The highest BCUT2D eigenvalue weighted by Crippen LogP contribution is 2.13. The average Bonchev–Trinajstić information content (AvgIpc) is 2.11. The van der Waals surface area contributed by atoms with Crippen molar-refractivity contribution in [3.05, 3.63) is 12.2 Å². The number of aliphatic hydroxyl groups is 1. The monoisotopic (exact) mass is 186 g/mol. The summed E-state index contributed by atoms with van der Waals surface area (Å²) in [6, 6.07) is 0. The SMILES string of the molecule is COC(=O)/C=C/C(C)C(O)C(C)C. The summed E-state index contributed by atoms with van der Waals surface area (Å²) in [5, 5.41) is 9.58. The lowest BCUT2D eigenvalue weighted by molar-refractivity contribution is -0.134. The molecule has 0 saturated heterocycles. The molecular formula is C10H18O3. The molecular weight excluding hydrogens is 168 g/mol. The van der Waals surface area contributed by atoms with Crippen molar-refractivity contribution < 1.29 is 14.6 Å². The van der Waals surface area contributed by atoms with Crippen molar-refractivity contribution in [2.45, 2.75) is 26.9 Å². The van der Waals surface area contributed by atoms with Crippen LogP contribution in [-0.4, -0.2) is 24.3 Å². The standard InChI is InChI=1S/C10H18O3/c1-7(2)10(12)8(3)5-6-9(11)13-4/h5-8,10,12H,1-4H3/b6-5+. The molecule has 2 atom stereocenters. The molecule has 0 aromatic rings. The number of rotatable bonds is 4. The van der Waals surface area contributed by atoms with Crippen molar-refractivity contribution in [2.24, 2.45) is 11.8 Å². The van der Waals surface area contributed by atoms with E-state index in [0.29, 0.717) is 0 Å². The Labute approximate surface area is 79.4 Å². The summed E-state index contributed by atoms with van der Waals surface area (Å²) < 4.78 is 4.43. The molecule has 76 valence electrons. The molecule has 3 heteroatoms. The van der Waals surface area contributed by atoms with Crippen LogP contribution in [0.1, 0.15) is 20.8 Å². The Morgan fingerprint density at radius 1 is 1.38 bits per heavy atom. The van der Waals surface area contributed by atoms with Crippen LogP contribution in [0.25, 0.3) is 0 Å². The topological polar surface area (TPSA) is 46.5 Å². The predicted molar refractivity (Wildman–Crippen MR) is 51.2 cm³/mol. The summed E-state index contributed by atoms with van der Waals surface area (Å²) in [6.07, 6.45) is 2.59. The highest BCUT2D eigenvalue weighted by Gasteiger charge is 2.15. The Morgan fingerprint density at radius 3 is 2.31 bits per heavy atom. The van der Waals surface area contributed by atoms with Crippen molar-refractivity contribution >= 4 is 5.97 Å². The lowest BCUT2D eigenvalue weighted by Crippen LogP contribution is -2.22. The van der Waals surface area contributed by atoms with E-state index >= 15 is 0 Å². The van der Waals surface area contributed by atoms with Crippen LogP contribution in [0.2, 0.25) is 0 Å². The van der Waals surface area contributed by atoms with E-state index in [2.05, 4.69) is 4.74 Å². The first kappa shape index (κ1) is 12.2. The van der Waals surface area contributed by atoms with E-state index < -0.39 is 6.10 Å². The third-order valence-corrected chi connectivity index (χ3v) is 1.96. The Hall–Kier alpha value is -0.830. The Bertz CT molecular complexity index is 185. The molecule has 2 unspecified atom stereocenters. The fourth-order valence-corrected chi connectivity index (χ4v) is 1.02. The molecule has 0 aliphatic rings. The van der Waals surface area contributed by atoms with Gasteiger partial charge < -0.3 is 9.84 Å². The molecule has 0 heterocycles. The first-order valence-electron chi connectivity index (χ1n) is 4.43. The molecule has 0 saturated carbocycles. The van der Waals surface area contributed by atoms with E-state index in [1.807, 2.05) is 20.8 Å². The van der Waals surface area contributed by atoms with E-state index in [0.717, 1.165) is 0 Å². The minimum absolute atomic E-state index is 0.0286. The lowest BCUT2D eigenvalue weighted by Gasteiger charge is -2.18. The largest absolute Gasteiger partial charge is 0.466 e. The fraction of sp³-hybridized carbons (Fsp3) is 0.700. The van der Waals surface area contributed by atoms with Crippen molar-refractivity contribution in [2.75, 3.05) is 7.11 Å². The maximum absolute atomic E-state index is 10.7. The zero-order valence-corrected chi connectivity index (χ0v) is 8.65. The highest BCUT2D eigenvalue weighted by molar-refractivity contribution is 5.81. The summed E-state index contributed by atoms with van der Waals surface area (Å²) in [7, 11) is 1.33. The average molecular weight is 186 g/mol. The van der Waals surface area contributed by atoms with Crippen LogP contribution < -0.4 is 0 Å². The molecule has 0 amide bonds. The van der Waals surface area contributed by atoms with Gasteiger partial charge in [0.2, 0.25) is 0 Å². The number of carbonyl (C=O) groups is 1. The normalized spacial score (nSPS) is 16.2. The Morgan fingerprint density at radius 2 is 1.92 bits per heavy atom. The van der Waals surface area contributed by atoms with Crippen LogP contribution in [0.15, 0.2) is 12.2 Å². The molecule has 1 N–H and O–H groups in total. The predicted octanol–water partition coefficient (Wildman–Crippen LogP) is 1.37. The molecule has 0 radical (unpaired) electrons. The number of carbonyl (C=O) groups excluding carboxylic acids is 1. The number of ether oxygens (including phenoxy) is 1. The Balaban J connectivity index is 4.06. The van der Waals surface area contributed by atoms with Gasteiger partial charge in [-0.25, -0.2) is 4.79 Å². The minimum Gasteiger partial charge on any atom is -0.466 e. The molecule has 0 bridgehead atoms. The van der Waals surface area contributed by atoms with Crippen LogP contribution in [0, 0.1) is 11.8 Å². The number of esters is 1. The quantitative estimate of drug-likeness (QED) is 0.533. The van der Waals surface area contributed by atoms with Crippen LogP contribution >= 0.6 is 0 Å². The van der Waals surface area contributed by atoms with Gasteiger partial charge in [-0.2, -0.15) is 0 Å². The van der Waals surface area contributed by atoms with Crippen molar-refractivity contribution in [1.82, 2.24) is 0 Å². The van der Waals surface area contributed by atoms with Gasteiger partial charge in [0.1, 0.15) is 0 Å². The molecule has 0 fully saturated rings. The van der Waals surface area contributed by atoms with Crippen molar-refractivity contribution in [3.63, 3.8) is 0 Å². The van der Waals surface area contributed by atoms with Gasteiger partial charge in [0, 0.05) is 12.0 Å². The summed E-state index contributed by atoms with van der Waals surface area (Å²) in [5.74, 6) is -0.223. The molecule has 13 heavy (non-hydrogen) atoms. The lowest BCUT2D eigenvalue weighted by atomic mass is 9.95. The van der Waals surface area contributed by atoms with E-state index in [1.165, 1.54) is 13.2 Å². The molecule has 3 nitrogen and oxygen atoms in total. The third-order valence-electron chi connectivity index (χ3n) is 1.96. The van der Waals surface area contributed by atoms with Crippen LogP contribution in [0.3, 0.4) is 0 Å². The van der Waals surface area contributed by atoms with Crippen molar-refractivity contribution in [1.29, 1.82) is 0 Å². The highest BCUT2D eigenvalue weighted by atomic mass is 16.5. The molecule has 0 rings (SSSR count). The number of methoxy groups -OCH3 is 1. The van der Waals surface area contributed by atoms with Crippen LogP contribution in [-0.2, 0) is 9.53 Å². The second-order valence-electron chi connectivity index (χ2n) is 3.48. The zero-order chi connectivity index (χ0) is 10.4. The van der Waals surface area contributed by atoms with Gasteiger partial charge in [-0.3, -0.25) is 0 Å². The van der Waals surface area contributed by atoms with Gasteiger partial charge in [-0.15, -0.1) is 0 Å².